The van der Waals surface area contributed by atoms with Crippen molar-refractivity contribution < 1.29 is 28.2 Å². The van der Waals surface area contributed by atoms with Crippen LogP contribution in [0.3, 0.4) is 0 Å². The van der Waals surface area contributed by atoms with Gasteiger partial charge >= 0.3 is 0 Å². The highest BCUT2D eigenvalue weighted by molar-refractivity contribution is 6.33. The van der Waals surface area contributed by atoms with Gasteiger partial charge in [0.1, 0.15) is 28.8 Å². The number of fused-ring (bicyclic) bond motifs is 5. The number of Topliss-reactive ketones (excluding diaryl/α,β-unsaturated/α-hetero) is 3. The highest BCUT2D eigenvalue weighted by Crippen LogP contribution is 2.62. The Bertz CT molecular complexity index is 1830. The van der Waals surface area contributed by atoms with E-state index in [0.29, 0.717) is 38.9 Å². The SMILES string of the molecule is COc1ccc(OC)c([C@H]2[C@@H](C(=O)c3ccc(F)cc3)N3c4ccc(Cl)cc4C=C[C@@H]3C23C(=O)c2ccccc2C3=O)c1. The van der Waals surface area contributed by atoms with Gasteiger partial charge in [-0.3, -0.25) is 14.4 Å². The van der Waals surface area contributed by atoms with Crippen molar-refractivity contribution in [2.24, 2.45) is 5.41 Å². The molecule has 0 bridgehead atoms. The maximum absolute atomic E-state index is 14.8. The predicted molar refractivity (Wildman–Crippen MR) is 161 cm³/mol. The molecule has 0 unspecified atom stereocenters. The van der Waals surface area contributed by atoms with E-state index in [1.165, 1.54) is 38.5 Å². The van der Waals surface area contributed by atoms with Crippen LogP contribution < -0.4 is 14.4 Å². The normalized spacial score (nSPS) is 21.0. The van der Waals surface area contributed by atoms with Crippen LogP contribution in [-0.2, 0) is 0 Å². The van der Waals surface area contributed by atoms with Gasteiger partial charge in [0, 0.05) is 38.9 Å². The molecule has 1 aliphatic carbocycles. The fourth-order valence-electron chi connectivity index (χ4n) is 7.16. The molecule has 0 N–H and O–H groups in total. The van der Waals surface area contributed by atoms with Gasteiger partial charge < -0.3 is 14.4 Å². The van der Waals surface area contributed by atoms with Crippen LogP contribution in [0.15, 0.2) is 91.0 Å². The number of benzene rings is 4. The van der Waals surface area contributed by atoms with Gasteiger partial charge in [0.25, 0.3) is 0 Å². The smallest absolute Gasteiger partial charge is 0.185 e. The topological polar surface area (TPSA) is 72.9 Å². The van der Waals surface area contributed by atoms with Crippen LogP contribution in [0.25, 0.3) is 6.08 Å². The van der Waals surface area contributed by atoms with Gasteiger partial charge in [-0.1, -0.05) is 48.0 Å². The molecular weight excluding hydrogens is 569 g/mol. The molecule has 6 nitrogen and oxygen atoms in total. The molecule has 4 aromatic carbocycles. The number of nitrogens with zero attached hydrogens (tertiary/aromatic N) is 1. The fraction of sp³-hybridized carbons (Fsp3) is 0.171. The summed E-state index contributed by atoms with van der Waals surface area (Å²) in [5.41, 5.74) is 1.01. The third kappa shape index (κ3) is 3.74. The Labute approximate surface area is 252 Å². The Morgan fingerprint density at radius 1 is 0.884 bits per heavy atom. The van der Waals surface area contributed by atoms with E-state index in [1.54, 1.807) is 60.7 Å². The molecule has 0 aromatic heterocycles. The summed E-state index contributed by atoms with van der Waals surface area (Å²) in [6, 6.07) is 20.6. The average molecular weight is 594 g/mol. The molecule has 3 aliphatic rings. The van der Waals surface area contributed by atoms with Gasteiger partial charge in [-0.25, -0.2) is 4.39 Å². The average Bonchev–Trinajstić information content (AvgIpc) is 3.46. The van der Waals surface area contributed by atoms with E-state index in [2.05, 4.69) is 0 Å². The molecule has 0 amide bonds. The molecule has 214 valence electrons. The first-order chi connectivity index (χ1) is 20.8. The van der Waals surface area contributed by atoms with E-state index in [9.17, 15) is 18.8 Å². The van der Waals surface area contributed by atoms with Gasteiger partial charge in [-0.2, -0.15) is 0 Å². The van der Waals surface area contributed by atoms with Gasteiger partial charge in [0.15, 0.2) is 17.3 Å². The molecule has 43 heavy (non-hydrogen) atoms. The van der Waals surface area contributed by atoms with Crippen LogP contribution in [-0.4, -0.2) is 43.7 Å². The van der Waals surface area contributed by atoms with Crippen molar-refractivity contribution in [2.75, 3.05) is 19.1 Å². The van der Waals surface area contributed by atoms with Gasteiger partial charge in [-0.05, 0) is 66.2 Å². The molecule has 1 saturated heterocycles. The fourth-order valence-corrected chi connectivity index (χ4v) is 7.34. The minimum Gasteiger partial charge on any atom is -0.497 e. The van der Waals surface area contributed by atoms with Crippen LogP contribution in [0.5, 0.6) is 11.5 Å². The Morgan fingerprint density at radius 3 is 2.23 bits per heavy atom. The lowest BCUT2D eigenvalue weighted by Crippen LogP contribution is -2.48. The first-order valence-electron chi connectivity index (χ1n) is 13.8. The molecule has 3 atom stereocenters. The van der Waals surface area contributed by atoms with Crippen LogP contribution >= 0.6 is 11.6 Å². The van der Waals surface area contributed by atoms with E-state index >= 15 is 0 Å². The van der Waals surface area contributed by atoms with Crippen molar-refractivity contribution in [3.63, 3.8) is 0 Å². The third-order valence-corrected chi connectivity index (χ3v) is 9.17. The Kier molecular flexibility index (Phi) is 6.25. The van der Waals surface area contributed by atoms with E-state index in [4.69, 9.17) is 21.1 Å². The van der Waals surface area contributed by atoms with Crippen molar-refractivity contribution in [3.8, 4) is 11.5 Å². The zero-order valence-electron chi connectivity index (χ0n) is 23.2. The highest BCUT2D eigenvalue weighted by atomic mass is 35.5. The molecule has 7 rings (SSSR count). The number of methoxy groups -OCH3 is 2. The van der Waals surface area contributed by atoms with E-state index in [0.717, 1.165) is 5.56 Å². The standard InChI is InChI=1S/C35H25ClFNO5/c1-42-23-13-15-28(43-2)26(18-23)30-31(32(39)19-7-11-22(37)12-8-19)38-27-14-10-21(36)17-20(27)9-16-29(38)35(30)33(40)24-5-3-4-6-25(24)34(35)41/h3-18,29-31H,1-2H3/t29-,30+,31+/m1/s1. The van der Waals surface area contributed by atoms with Crippen LogP contribution in [0.2, 0.25) is 5.02 Å². The van der Waals surface area contributed by atoms with E-state index in [-0.39, 0.29) is 22.9 Å². The van der Waals surface area contributed by atoms with Gasteiger partial charge in [0.2, 0.25) is 0 Å². The lowest BCUT2D eigenvalue weighted by Gasteiger charge is -2.37. The predicted octanol–water partition coefficient (Wildman–Crippen LogP) is 6.81. The molecule has 2 heterocycles. The third-order valence-electron chi connectivity index (χ3n) is 8.94. The summed E-state index contributed by atoms with van der Waals surface area (Å²) >= 11 is 6.36. The molecule has 0 radical (unpaired) electrons. The van der Waals surface area contributed by atoms with E-state index in [1.807, 2.05) is 17.1 Å². The summed E-state index contributed by atoms with van der Waals surface area (Å²) in [7, 11) is 3.02. The first kappa shape index (κ1) is 27.1. The first-order valence-corrected chi connectivity index (χ1v) is 14.2. The molecule has 8 heteroatoms. The number of hydrogen-bond acceptors (Lipinski definition) is 6. The number of halogens is 2. The molecular formula is C35H25ClFNO5. The van der Waals surface area contributed by atoms with Crippen LogP contribution in [0.1, 0.15) is 48.1 Å². The minimum absolute atomic E-state index is 0.245. The van der Waals surface area contributed by atoms with Crippen LogP contribution in [0, 0.1) is 11.2 Å². The number of anilines is 1. The number of ketones is 3. The number of carbonyl (C=O) groups is 3. The van der Waals surface area contributed by atoms with Crippen molar-refractivity contribution in [2.45, 2.75) is 18.0 Å². The number of ether oxygens (including phenoxy) is 2. The zero-order chi connectivity index (χ0) is 30.0. The molecule has 4 aromatic rings. The maximum atomic E-state index is 14.8. The summed E-state index contributed by atoms with van der Waals surface area (Å²) < 4.78 is 25.4. The second-order valence-electron chi connectivity index (χ2n) is 10.9. The van der Waals surface area contributed by atoms with Crippen molar-refractivity contribution >= 4 is 40.7 Å². The summed E-state index contributed by atoms with van der Waals surface area (Å²) in [5.74, 6) is -1.73. The maximum Gasteiger partial charge on any atom is 0.185 e. The zero-order valence-corrected chi connectivity index (χ0v) is 24.0. The number of hydrogen-bond donors (Lipinski definition) is 0. The van der Waals surface area contributed by atoms with Crippen molar-refractivity contribution in [1.82, 2.24) is 0 Å². The Hall–Kier alpha value is -4.75. The molecule has 2 aliphatic heterocycles. The second kappa shape index (κ2) is 9.92. The summed E-state index contributed by atoms with van der Waals surface area (Å²) in [6.45, 7) is 0. The van der Waals surface area contributed by atoms with Crippen molar-refractivity contribution in [3.05, 3.63) is 130 Å². The Balaban J connectivity index is 1.58. The quantitative estimate of drug-likeness (QED) is 0.187. The minimum atomic E-state index is -1.72. The highest BCUT2D eigenvalue weighted by Gasteiger charge is 2.72. The molecule has 1 spiro atoms. The molecule has 0 saturated carbocycles. The largest absolute Gasteiger partial charge is 0.497 e. The number of rotatable bonds is 5. The summed E-state index contributed by atoms with van der Waals surface area (Å²) in [4.78, 5) is 46.2. The lowest BCUT2D eigenvalue weighted by molar-refractivity contribution is 0.0664. The van der Waals surface area contributed by atoms with Gasteiger partial charge in [-0.15, -0.1) is 0 Å². The van der Waals surface area contributed by atoms with Gasteiger partial charge in [0.05, 0.1) is 20.3 Å². The summed E-state index contributed by atoms with van der Waals surface area (Å²) in [5, 5.41) is 0.503. The summed E-state index contributed by atoms with van der Waals surface area (Å²) in [6.07, 6.45) is 3.66. The van der Waals surface area contributed by atoms with Crippen molar-refractivity contribution in [1.29, 1.82) is 0 Å². The van der Waals surface area contributed by atoms with E-state index < -0.39 is 29.2 Å². The van der Waals surface area contributed by atoms with Crippen LogP contribution in [0.4, 0.5) is 10.1 Å². The Morgan fingerprint density at radius 2 is 1.58 bits per heavy atom. The monoisotopic (exact) mass is 593 g/mol. The lowest BCUT2D eigenvalue weighted by atomic mass is 9.64. The number of carbonyl (C=O) groups excluding carboxylic acids is 3. The second-order valence-corrected chi connectivity index (χ2v) is 11.3. The molecule has 1 fully saturated rings.